The third kappa shape index (κ3) is 3.50. The smallest absolute Gasteiger partial charge is 0.396 e. The Morgan fingerprint density at radius 1 is 1.12 bits per heavy atom. The van der Waals surface area contributed by atoms with Crippen molar-refractivity contribution in [2.24, 2.45) is 0 Å². The number of piperidine rings is 1. The fraction of sp³-hybridized carbons (Fsp3) is 0.312. The number of halogens is 3. The quantitative estimate of drug-likeness (QED) is 0.492. The Hall–Kier alpha value is -1.76. The molecule has 3 N–H and O–H groups in total. The SMILES string of the molecule is Fc1cccc2nc(-c3noc(C4CC[NH2+]CC4)[nH+]3)ccc12.[Cl-].[Cl-]. The van der Waals surface area contributed by atoms with Gasteiger partial charge in [0.25, 0.3) is 0 Å². The summed E-state index contributed by atoms with van der Waals surface area (Å²) in [6, 6.07) is 8.37. The molecule has 0 saturated carbocycles. The average molecular weight is 371 g/mol. The molecule has 4 rings (SSSR count). The van der Waals surface area contributed by atoms with Crippen LogP contribution in [0.25, 0.3) is 22.4 Å². The number of H-pyrrole nitrogens is 1. The monoisotopic (exact) mass is 370 g/mol. The van der Waals surface area contributed by atoms with Crippen LogP contribution in [0.3, 0.4) is 0 Å². The minimum atomic E-state index is -0.264. The standard InChI is InChI=1S/C16H15FN4O.2ClH/c17-12-2-1-3-13-11(12)4-5-14(19-13)15-20-16(22-21-15)10-6-8-18-9-7-10;;/h1-5,10,18H,6-9H2;2*1H. The summed E-state index contributed by atoms with van der Waals surface area (Å²) in [6.07, 6.45) is 2.17. The molecule has 0 bridgehead atoms. The summed E-state index contributed by atoms with van der Waals surface area (Å²) in [5.41, 5.74) is 1.28. The van der Waals surface area contributed by atoms with Crippen molar-refractivity contribution < 1.29 is 44.0 Å². The lowest BCUT2D eigenvalue weighted by Gasteiger charge is -2.14. The number of pyridine rings is 1. The molecule has 24 heavy (non-hydrogen) atoms. The lowest BCUT2D eigenvalue weighted by molar-refractivity contribution is -0.664. The van der Waals surface area contributed by atoms with Crippen LogP contribution in [0.1, 0.15) is 24.7 Å². The van der Waals surface area contributed by atoms with Crippen LogP contribution in [-0.2, 0) is 0 Å². The van der Waals surface area contributed by atoms with Crippen molar-refractivity contribution in [1.29, 1.82) is 0 Å². The molecule has 1 aromatic carbocycles. The maximum atomic E-state index is 13.7. The number of fused-ring (bicyclic) bond motifs is 1. The average Bonchev–Trinajstić information content (AvgIpc) is 3.06. The van der Waals surface area contributed by atoms with Crippen molar-refractivity contribution in [1.82, 2.24) is 10.1 Å². The van der Waals surface area contributed by atoms with E-state index in [9.17, 15) is 4.39 Å². The Balaban J connectivity index is 0.00000104. The summed E-state index contributed by atoms with van der Waals surface area (Å²) in [5, 5.41) is 6.92. The lowest BCUT2D eigenvalue weighted by atomic mass is 9.98. The molecule has 0 aliphatic carbocycles. The van der Waals surface area contributed by atoms with Crippen LogP contribution >= 0.6 is 0 Å². The van der Waals surface area contributed by atoms with Gasteiger partial charge < -0.3 is 30.1 Å². The molecule has 3 aromatic rings. The molecule has 1 fully saturated rings. The second-order valence-electron chi connectivity index (χ2n) is 5.66. The largest absolute Gasteiger partial charge is 1.00 e. The topological polar surface area (TPSA) is 69.7 Å². The van der Waals surface area contributed by atoms with E-state index in [2.05, 4.69) is 20.4 Å². The summed E-state index contributed by atoms with van der Waals surface area (Å²) in [7, 11) is 0. The van der Waals surface area contributed by atoms with Crippen LogP contribution in [-0.4, -0.2) is 23.2 Å². The maximum Gasteiger partial charge on any atom is 0.396 e. The Bertz CT molecular complexity index is 821. The predicted molar refractivity (Wildman–Crippen MR) is 77.4 cm³/mol. The van der Waals surface area contributed by atoms with Crippen molar-refractivity contribution in [3.05, 3.63) is 42.0 Å². The Kier molecular flexibility index (Phi) is 6.10. The number of rotatable bonds is 2. The summed E-state index contributed by atoms with van der Waals surface area (Å²) in [5.74, 6) is 1.53. The second-order valence-corrected chi connectivity index (χ2v) is 5.66. The van der Waals surface area contributed by atoms with E-state index in [0.717, 1.165) is 31.8 Å². The summed E-state index contributed by atoms with van der Waals surface area (Å²) in [4.78, 5) is 7.70. The first-order valence-electron chi connectivity index (χ1n) is 7.57. The zero-order valence-corrected chi connectivity index (χ0v) is 14.3. The fourth-order valence-corrected chi connectivity index (χ4v) is 2.98. The number of nitrogens with zero attached hydrogens (tertiary/aromatic N) is 2. The molecule has 0 amide bonds. The zero-order chi connectivity index (χ0) is 14.9. The Morgan fingerprint density at radius 3 is 2.71 bits per heavy atom. The van der Waals surface area contributed by atoms with Gasteiger partial charge in [-0.3, -0.25) is 0 Å². The molecule has 0 radical (unpaired) electrons. The van der Waals surface area contributed by atoms with Gasteiger partial charge >= 0.3 is 11.7 Å². The van der Waals surface area contributed by atoms with E-state index in [1.165, 1.54) is 6.07 Å². The van der Waals surface area contributed by atoms with E-state index in [1.807, 2.05) is 0 Å². The third-order valence-electron chi connectivity index (χ3n) is 4.21. The zero-order valence-electron chi connectivity index (χ0n) is 12.8. The number of nitrogens with two attached hydrogens (primary N) is 1. The van der Waals surface area contributed by atoms with Crippen molar-refractivity contribution in [2.45, 2.75) is 18.8 Å². The minimum absolute atomic E-state index is 0. The van der Waals surface area contributed by atoms with Crippen molar-refractivity contribution in [2.75, 3.05) is 13.1 Å². The molecular formula is C16H17Cl2FN4O. The number of hydrogen-bond donors (Lipinski definition) is 1. The Morgan fingerprint density at radius 2 is 1.92 bits per heavy atom. The van der Waals surface area contributed by atoms with Crippen molar-refractivity contribution in [3.8, 4) is 11.5 Å². The molecule has 8 heteroatoms. The van der Waals surface area contributed by atoms with E-state index < -0.39 is 0 Å². The summed E-state index contributed by atoms with van der Waals surface area (Å²) in [6.45, 7) is 2.23. The first-order chi connectivity index (χ1) is 10.8. The summed E-state index contributed by atoms with van der Waals surface area (Å²) >= 11 is 0. The van der Waals surface area contributed by atoms with Gasteiger partial charge in [0.05, 0.1) is 24.5 Å². The molecule has 1 aliphatic rings. The first-order valence-corrected chi connectivity index (χ1v) is 7.57. The number of aromatic amines is 1. The molecular weight excluding hydrogens is 354 g/mol. The molecule has 0 atom stereocenters. The number of benzene rings is 1. The highest BCUT2D eigenvalue weighted by atomic mass is 35.5. The normalized spacial score (nSPS) is 14.9. The van der Waals surface area contributed by atoms with Crippen LogP contribution in [0, 0.1) is 5.82 Å². The van der Waals surface area contributed by atoms with E-state index in [-0.39, 0.29) is 30.6 Å². The predicted octanol–water partition coefficient (Wildman–Crippen LogP) is -4.71. The van der Waals surface area contributed by atoms with Crippen LogP contribution in [0.4, 0.5) is 4.39 Å². The van der Waals surface area contributed by atoms with Gasteiger partial charge in [0, 0.05) is 18.2 Å². The number of aromatic nitrogens is 3. The van der Waals surface area contributed by atoms with Crippen molar-refractivity contribution >= 4 is 10.9 Å². The van der Waals surface area contributed by atoms with Crippen LogP contribution in [0.5, 0.6) is 0 Å². The molecule has 5 nitrogen and oxygen atoms in total. The van der Waals surface area contributed by atoms with E-state index in [4.69, 9.17) is 4.52 Å². The molecule has 3 heterocycles. The van der Waals surface area contributed by atoms with Gasteiger partial charge in [-0.25, -0.2) is 18.9 Å². The fourth-order valence-electron chi connectivity index (χ4n) is 2.98. The highest BCUT2D eigenvalue weighted by molar-refractivity contribution is 5.81. The molecule has 2 aromatic heterocycles. The van der Waals surface area contributed by atoms with Gasteiger partial charge in [-0.15, -0.1) is 0 Å². The molecule has 1 aliphatic heterocycles. The third-order valence-corrected chi connectivity index (χ3v) is 4.21. The van der Waals surface area contributed by atoms with Crippen LogP contribution < -0.4 is 35.1 Å². The van der Waals surface area contributed by atoms with Crippen LogP contribution in [0.15, 0.2) is 34.9 Å². The Labute approximate surface area is 150 Å². The maximum absolute atomic E-state index is 13.7. The number of quaternary nitrogens is 1. The molecule has 0 unspecified atom stereocenters. The van der Waals surface area contributed by atoms with Gasteiger partial charge in [0.15, 0.2) is 10.9 Å². The number of nitrogens with one attached hydrogen (secondary N) is 1. The van der Waals surface area contributed by atoms with E-state index in [1.54, 1.807) is 24.3 Å². The van der Waals surface area contributed by atoms with Crippen molar-refractivity contribution in [3.63, 3.8) is 0 Å². The van der Waals surface area contributed by atoms with Crippen LogP contribution in [0.2, 0.25) is 0 Å². The highest BCUT2D eigenvalue weighted by Gasteiger charge is 2.28. The summed E-state index contributed by atoms with van der Waals surface area (Å²) < 4.78 is 19.1. The molecule has 1 saturated heterocycles. The van der Waals surface area contributed by atoms with Gasteiger partial charge in [0.1, 0.15) is 5.82 Å². The molecule has 128 valence electrons. The minimum Gasteiger partial charge on any atom is -1.00 e. The molecule has 0 spiro atoms. The van der Waals surface area contributed by atoms with E-state index in [0.29, 0.717) is 28.3 Å². The van der Waals surface area contributed by atoms with Gasteiger partial charge in [-0.05, 0) is 24.3 Å². The van der Waals surface area contributed by atoms with Gasteiger partial charge in [-0.1, -0.05) is 6.07 Å². The second kappa shape index (κ2) is 7.88. The van der Waals surface area contributed by atoms with E-state index >= 15 is 0 Å². The van der Waals surface area contributed by atoms with Gasteiger partial charge in [-0.2, -0.15) is 0 Å². The first kappa shape index (κ1) is 18.6. The van der Waals surface area contributed by atoms with Gasteiger partial charge in [0.2, 0.25) is 0 Å². The highest BCUT2D eigenvalue weighted by Crippen LogP contribution is 2.23. The lowest BCUT2D eigenvalue weighted by Crippen LogP contribution is -3.00. The number of hydrogen-bond acceptors (Lipinski definition) is 3.